The van der Waals surface area contributed by atoms with Crippen LogP contribution in [0.3, 0.4) is 0 Å². The molecule has 1 aromatic heterocycles. The summed E-state index contributed by atoms with van der Waals surface area (Å²) >= 11 is 3.82. The van der Waals surface area contributed by atoms with Gasteiger partial charge in [0.15, 0.2) is 5.96 Å². The average molecular weight is 454 g/mol. The van der Waals surface area contributed by atoms with Gasteiger partial charge < -0.3 is 10.6 Å². The fourth-order valence-corrected chi connectivity index (χ4v) is 4.43. The molecule has 1 aliphatic heterocycles. The Kier molecular flexibility index (Phi) is 9.08. The van der Waals surface area contributed by atoms with Crippen molar-refractivity contribution in [1.29, 1.82) is 0 Å². The molecule has 4 nitrogen and oxygen atoms in total. The Bertz CT molecular complexity index is 470. The van der Waals surface area contributed by atoms with E-state index in [1.807, 2.05) is 7.05 Å². The van der Waals surface area contributed by atoms with Crippen LogP contribution in [0, 0.1) is 0 Å². The van der Waals surface area contributed by atoms with Gasteiger partial charge in [0.25, 0.3) is 0 Å². The van der Waals surface area contributed by atoms with E-state index in [1.54, 1.807) is 11.3 Å². The number of halogens is 1. The molecule has 0 aromatic carbocycles. The molecule has 0 radical (unpaired) electrons. The molecule has 0 amide bonds. The maximum absolute atomic E-state index is 4.59. The maximum Gasteiger partial charge on any atom is 0.191 e. The standard InChI is InChI=1S/C15H26N4S2.HI/c1-4-13-19-12(10-20-13)6-8-17-14(16-3)18-11-15(2)7-5-9-21-15;/h10H,4-9,11H2,1-3H3,(H2,16,17,18);1H. The molecule has 1 aliphatic rings. The summed E-state index contributed by atoms with van der Waals surface area (Å²) in [6.07, 6.45) is 4.60. The van der Waals surface area contributed by atoms with Crippen LogP contribution in [-0.2, 0) is 12.8 Å². The van der Waals surface area contributed by atoms with E-state index in [2.05, 4.69) is 51.6 Å². The minimum atomic E-state index is 0. The highest BCUT2D eigenvalue weighted by Gasteiger charge is 2.29. The van der Waals surface area contributed by atoms with Gasteiger partial charge in [-0.2, -0.15) is 11.8 Å². The number of thioether (sulfide) groups is 1. The number of aryl methyl sites for hydroxylation is 1. The lowest BCUT2D eigenvalue weighted by Gasteiger charge is -2.24. The van der Waals surface area contributed by atoms with E-state index in [1.165, 1.54) is 29.3 Å². The van der Waals surface area contributed by atoms with Gasteiger partial charge in [0.05, 0.1) is 10.7 Å². The predicted octanol–water partition coefficient (Wildman–Crippen LogP) is 3.32. The summed E-state index contributed by atoms with van der Waals surface area (Å²) in [6, 6.07) is 0. The fraction of sp³-hybridized carbons (Fsp3) is 0.733. The molecule has 1 aromatic rings. The van der Waals surface area contributed by atoms with Crippen LogP contribution in [0.25, 0.3) is 0 Å². The Balaban J connectivity index is 0.00000242. The zero-order valence-electron chi connectivity index (χ0n) is 13.6. The SMILES string of the molecule is CCc1nc(CCNC(=NC)NCC2(C)CCCS2)cs1.I. The third kappa shape index (κ3) is 6.23. The summed E-state index contributed by atoms with van der Waals surface area (Å²) in [6.45, 7) is 6.34. The summed E-state index contributed by atoms with van der Waals surface area (Å²) in [5.74, 6) is 2.18. The molecule has 22 heavy (non-hydrogen) atoms. The van der Waals surface area contributed by atoms with E-state index in [9.17, 15) is 0 Å². The van der Waals surface area contributed by atoms with Crippen molar-refractivity contribution in [2.45, 2.75) is 44.3 Å². The van der Waals surface area contributed by atoms with Crippen molar-refractivity contribution in [3.8, 4) is 0 Å². The zero-order valence-corrected chi connectivity index (χ0v) is 17.6. The van der Waals surface area contributed by atoms with Crippen LogP contribution >= 0.6 is 47.1 Å². The van der Waals surface area contributed by atoms with Crippen LogP contribution < -0.4 is 10.6 Å². The number of nitrogens with one attached hydrogen (secondary N) is 2. The smallest absolute Gasteiger partial charge is 0.191 e. The van der Waals surface area contributed by atoms with Crippen molar-refractivity contribution in [3.05, 3.63) is 16.1 Å². The number of rotatable bonds is 6. The van der Waals surface area contributed by atoms with Crippen molar-refractivity contribution < 1.29 is 0 Å². The highest BCUT2D eigenvalue weighted by atomic mass is 127. The van der Waals surface area contributed by atoms with Crippen LogP contribution in [0.1, 0.15) is 37.4 Å². The number of hydrogen-bond donors (Lipinski definition) is 2. The fourth-order valence-electron chi connectivity index (χ4n) is 2.40. The quantitative estimate of drug-likeness (QED) is 0.394. The minimum Gasteiger partial charge on any atom is -0.356 e. The van der Waals surface area contributed by atoms with E-state index in [0.29, 0.717) is 4.75 Å². The topological polar surface area (TPSA) is 49.3 Å². The van der Waals surface area contributed by atoms with Gasteiger partial charge in [-0.05, 0) is 31.9 Å². The lowest BCUT2D eigenvalue weighted by Crippen LogP contribution is -2.44. The number of thiazole rings is 1. The van der Waals surface area contributed by atoms with Crippen LogP contribution in [-0.4, -0.2) is 41.6 Å². The van der Waals surface area contributed by atoms with E-state index in [4.69, 9.17) is 0 Å². The summed E-state index contributed by atoms with van der Waals surface area (Å²) in [5, 5.41) is 10.2. The van der Waals surface area contributed by atoms with Gasteiger partial charge in [0, 0.05) is 36.7 Å². The molecular weight excluding hydrogens is 427 g/mol. The summed E-state index contributed by atoms with van der Waals surface area (Å²) < 4.78 is 0.364. The van der Waals surface area contributed by atoms with Crippen molar-refractivity contribution in [1.82, 2.24) is 15.6 Å². The molecule has 0 bridgehead atoms. The number of aliphatic imine (C=N–C) groups is 1. The highest BCUT2D eigenvalue weighted by Crippen LogP contribution is 2.36. The van der Waals surface area contributed by atoms with Crippen LogP contribution in [0.4, 0.5) is 0 Å². The second-order valence-electron chi connectivity index (χ2n) is 5.59. The Morgan fingerprint density at radius 3 is 2.86 bits per heavy atom. The van der Waals surface area contributed by atoms with E-state index in [0.717, 1.165) is 31.9 Å². The zero-order chi connectivity index (χ0) is 15.1. The molecule has 1 fully saturated rings. The molecule has 2 heterocycles. The third-order valence-corrected chi connectivity index (χ3v) is 6.31. The first kappa shape index (κ1) is 20.0. The normalized spacial score (nSPS) is 21.5. The van der Waals surface area contributed by atoms with Gasteiger partial charge in [0.2, 0.25) is 0 Å². The Labute approximate surface area is 159 Å². The highest BCUT2D eigenvalue weighted by molar-refractivity contribution is 14.0. The minimum absolute atomic E-state index is 0. The molecule has 2 N–H and O–H groups in total. The predicted molar refractivity (Wildman–Crippen MR) is 110 cm³/mol. The van der Waals surface area contributed by atoms with Gasteiger partial charge in [-0.25, -0.2) is 4.98 Å². The first-order valence-electron chi connectivity index (χ1n) is 7.67. The van der Waals surface area contributed by atoms with Crippen molar-refractivity contribution >= 4 is 53.0 Å². The lowest BCUT2D eigenvalue weighted by atomic mass is 10.1. The molecular formula is C15H27IN4S2. The second kappa shape index (κ2) is 9.97. The molecule has 126 valence electrons. The second-order valence-corrected chi connectivity index (χ2v) is 8.22. The van der Waals surface area contributed by atoms with Gasteiger partial charge in [-0.3, -0.25) is 4.99 Å². The number of aromatic nitrogens is 1. The summed E-state index contributed by atoms with van der Waals surface area (Å²) in [4.78, 5) is 8.89. The third-order valence-electron chi connectivity index (χ3n) is 3.73. The maximum atomic E-state index is 4.59. The largest absolute Gasteiger partial charge is 0.356 e. The van der Waals surface area contributed by atoms with Crippen LogP contribution in [0.2, 0.25) is 0 Å². The van der Waals surface area contributed by atoms with Gasteiger partial charge >= 0.3 is 0 Å². The molecule has 2 rings (SSSR count). The van der Waals surface area contributed by atoms with Gasteiger partial charge in [-0.1, -0.05) is 6.92 Å². The summed E-state index contributed by atoms with van der Waals surface area (Å²) in [5.41, 5.74) is 1.18. The molecule has 0 saturated carbocycles. The van der Waals surface area contributed by atoms with Gasteiger partial charge in [0.1, 0.15) is 0 Å². The molecule has 1 saturated heterocycles. The average Bonchev–Trinajstić information content (AvgIpc) is 3.12. The Morgan fingerprint density at radius 1 is 1.45 bits per heavy atom. The monoisotopic (exact) mass is 454 g/mol. The van der Waals surface area contributed by atoms with E-state index < -0.39 is 0 Å². The van der Waals surface area contributed by atoms with Crippen molar-refractivity contribution in [2.75, 3.05) is 25.9 Å². The number of hydrogen-bond acceptors (Lipinski definition) is 4. The van der Waals surface area contributed by atoms with Crippen molar-refractivity contribution in [2.24, 2.45) is 4.99 Å². The van der Waals surface area contributed by atoms with E-state index in [-0.39, 0.29) is 24.0 Å². The number of nitrogens with zero attached hydrogens (tertiary/aromatic N) is 2. The van der Waals surface area contributed by atoms with Crippen molar-refractivity contribution in [3.63, 3.8) is 0 Å². The number of guanidine groups is 1. The first-order chi connectivity index (χ1) is 10.1. The Hall–Kier alpha value is -0.0200. The van der Waals surface area contributed by atoms with Gasteiger partial charge in [-0.15, -0.1) is 35.3 Å². The Morgan fingerprint density at radius 2 is 2.27 bits per heavy atom. The molecule has 1 atom stereocenters. The molecule has 0 spiro atoms. The van der Waals surface area contributed by atoms with Crippen LogP contribution in [0.5, 0.6) is 0 Å². The molecule has 0 aliphatic carbocycles. The lowest BCUT2D eigenvalue weighted by molar-refractivity contribution is 0.584. The first-order valence-corrected chi connectivity index (χ1v) is 9.53. The molecule has 1 unspecified atom stereocenters. The van der Waals surface area contributed by atoms with Crippen LogP contribution in [0.15, 0.2) is 10.4 Å². The van der Waals surface area contributed by atoms with E-state index >= 15 is 0 Å². The summed E-state index contributed by atoms with van der Waals surface area (Å²) in [7, 11) is 1.83. The molecule has 7 heteroatoms.